The normalized spacial score (nSPS) is 11.6. The molecule has 4 nitrogen and oxygen atoms in total. The highest BCUT2D eigenvalue weighted by Gasteiger charge is 2.29. The Morgan fingerprint density at radius 3 is 2.28 bits per heavy atom. The highest BCUT2D eigenvalue weighted by Crippen LogP contribution is 2.24. The molecular formula is C20H23FN2O2. The van der Waals surface area contributed by atoms with Gasteiger partial charge in [0.25, 0.3) is 0 Å². The summed E-state index contributed by atoms with van der Waals surface area (Å²) in [6.07, 6.45) is 0.811. The zero-order valence-corrected chi connectivity index (χ0v) is 14.5. The van der Waals surface area contributed by atoms with Crippen molar-refractivity contribution in [3.05, 3.63) is 71.5 Å². The smallest absolute Gasteiger partial charge is 0.247 e. The lowest BCUT2D eigenvalue weighted by atomic mass is 10.0. The first kappa shape index (κ1) is 18.6. The topological polar surface area (TPSA) is 49.4 Å². The zero-order valence-electron chi connectivity index (χ0n) is 14.5. The monoisotopic (exact) mass is 342 g/mol. The maximum atomic E-state index is 13.1. The standard InChI is InChI=1S/C20H23FN2O2/c1-3-13-22-20(25)19(17-7-5-4-6-8-17)23(15(2)24)14-16-9-11-18(21)12-10-16/h4-12,19H,3,13-14H2,1-2H3,(H,22,25). The van der Waals surface area contributed by atoms with Crippen LogP contribution in [0.1, 0.15) is 37.4 Å². The molecule has 0 saturated heterocycles. The van der Waals surface area contributed by atoms with E-state index >= 15 is 0 Å². The third kappa shape index (κ3) is 5.14. The predicted octanol–water partition coefficient (Wildman–Crippen LogP) is 3.44. The van der Waals surface area contributed by atoms with Gasteiger partial charge in [-0.1, -0.05) is 49.4 Å². The number of hydrogen-bond acceptors (Lipinski definition) is 2. The van der Waals surface area contributed by atoms with Gasteiger partial charge in [-0.25, -0.2) is 4.39 Å². The molecule has 0 radical (unpaired) electrons. The molecule has 0 fully saturated rings. The first-order chi connectivity index (χ1) is 12.0. The maximum Gasteiger partial charge on any atom is 0.247 e. The lowest BCUT2D eigenvalue weighted by Gasteiger charge is -2.30. The van der Waals surface area contributed by atoms with E-state index in [9.17, 15) is 14.0 Å². The first-order valence-corrected chi connectivity index (χ1v) is 8.37. The average Bonchev–Trinajstić information content (AvgIpc) is 2.62. The van der Waals surface area contributed by atoms with Crippen LogP contribution in [0.2, 0.25) is 0 Å². The molecule has 2 rings (SSSR count). The fraction of sp³-hybridized carbons (Fsp3) is 0.300. The van der Waals surface area contributed by atoms with Gasteiger partial charge in [-0.15, -0.1) is 0 Å². The summed E-state index contributed by atoms with van der Waals surface area (Å²) in [5.41, 5.74) is 1.51. The van der Waals surface area contributed by atoms with Crippen molar-refractivity contribution in [3.8, 4) is 0 Å². The molecule has 132 valence electrons. The Balaban J connectivity index is 2.34. The van der Waals surface area contributed by atoms with E-state index in [1.54, 1.807) is 12.1 Å². The SMILES string of the molecule is CCCNC(=O)C(c1ccccc1)N(Cc1ccc(F)cc1)C(C)=O. The molecule has 0 aromatic heterocycles. The Morgan fingerprint density at radius 1 is 1.08 bits per heavy atom. The number of hydrogen-bond donors (Lipinski definition) is 1. The molecule has 25 heavy (non-hydrogen) atoms. The molecule has 5 heteroatoms. The molecule has 2 amide bonds. The number of carbonyl (C=O) groups excluding carboxylic acids is 2. The second kappa shape index (κ2) is 8.97. The minimum atomic E-state index is -0.727. The van der Waals surface area contributed by atoms with E-state index < -0.39 is 6.04 Å². The zero-order chi connectivity index (χ0) is 18.2. The highest BCUT2D eigenvalue weighted by atomic mass is 19.1. The van der Waals surface area contributed by atoms with Crippen molar-refractivity contribution < 1.29 is 14.0 Å². The number of rotatable bonds is 7. The van der Waals surface area contributed by atoms with Crippen LogP contribution in [0.4, 0.5) is 4.39 Å². The Bertz CT molecular complexity index is 701. The quantitative estimate of drug-likeness (QED) is 0.838. The Morgan fingerprint density at radius 2 is 1.72 bits per heavy atom. The van der Waals surface area contributed by atoms with Crippen molar-refractivity contribution in [1.29, 1.82) is 0 Å². The van der Waals surface area contributed by atoms with Gasteiger partial charge in [-0.3, -0.25) is 9.59 Å². The second-order valence-electron chi connectivity index (χ2n) is 5.88. The van der Waals surface area contributed by atoms with Crippen LogP contribution in [0.15, 0.2) is 54.6 Å². The Hall–Kier alpha value is -2.69. The number of nitrogens with zero attached hydrogens (tertiary/aromatic N) is 1. The molecule has 0 saturated carbocycles. The van der Waals surface area contributed by atoms with Crippen molar-refractivity contribution in [2.24, 2.45) is 0 Å². The van der Waals surface area contributed by atoms with Gasteiger partial charge >= 0.3 is 0 Å². The van der Waals surface area contributed by atoms with E-state index in [4.69, 9.17) is 0 Å². The number of benzene rings is 2. The third-order valence-corrected chi connectivity index (χ3v) is 3.90. The second-order valence-corrected chi connectivity index (χ2v) is 5.88. The van der Waals surface area contributed by atoms with Gasteiger partial charge in [-0.2, -0.15) is 0 Å². The molecule has 0 bridgehead atoms. The lowest BCUT2D eigenvalue weighted by Crippen LogP contribution is -2.42. The van der Waals surface area contributed by atoms with Gasteiger partial charge in [0.1, 0.15) is 11.9 Å². The molecule has 0 aliphatic carbocycles. The third-order valence-electron chi connectivity index (χ3n) is 3.90. The van der Waals surface area contributed by atoms with Gasteiger partial charge in [0.2, 0.25) is 11.8 Å². The van der Waals surface area contributed by atoms with Gasteiger partial charge in [0.05, 0.1) is 0 Å². The molecule has 0 aliphatic heterocycles. The summed E-state index contributed by atoms with van der Waals surface area (Å²) >= 11 is 0. The van der Waals surface area contributed by atoms with Gasteiger partial charge < -0.3 is 10.2 Å². The van der Waals surface area contributed by atoms with Crippen molar-refractivity contribution >= 4 is 11.8 Å². The predicted molar refractivity (Wildman–Crippen MR) is 95.1 cm³/mol. The summed E-state index contributed by atoms with van der Waals surface area (Å²) in [4.78, 5) is 26.5. The van der Waals surface area contributed by atoms with Crippen LogP contribution in [0.5, 0.6) is 0 Å². The summed E-state index contributed by atoms with van der Waals surface area (Å²) in [6.45, 7) is 4.19. The molecule has 1 N–H and O–H groups in total. The molecule has 2 aromatic carbocycles. The van der Waals surface area contributed by atoms with Crippen LogP contribution in [0.25, 0.3) is 0 Å². The molecule has 2 aromatic rings. The van der Waals surface area contributed by atoms with Gasteiger partial charge in [0.15, 0.2) is 0 Å². The van der Waals surface area contributed by atoms with Crippen molar-refractivity contribution in [2.75, 3.05) is 6.54 Å². The van der Waals surface area contributed by atoms with E-state index in [-0.39, 0.29) is 24.2 Å². The van der Waals surface area contributed by atoms with E-state index in [1.165, 1.54) is 24.0 Å². The van der Waals surface area contributed by atoms with Crippen LogP contribution in [-0.2, 0) is 16.1 Å². The van der Waals surface area contributed by atoms with E-state index in [2.05, 4.69) is 5.32 Å². The largest absolute Gasteiger partial charge is 0.354 e. The van der Waals surface area contributed by atoms with Crippen LogP contribution < -0.4 is 5.32 Å². The van der Waals surface area contributed by atoms with E-state index in [0.29, 0.717) is 6.54 Å². The van der Waals surface area contributed by atoms with E-state index in [1.807, 2.05) is 37.3 Å². The van der Waals surface area contributed by atoms with Crippen LogP contribution in [0, 0.1) is 5.82 Å². The van der Waals surface area contributed by atoms with Gasteiger partial charge in [-0.05, 0) is 29.7 Å². The summed E-state index contributed by atoms with van der Waals surface area (Å²) < 4.78 is 13.1. The highest BCUT2D eigenvalue weighted by molar-refractivity contribution is 5.88. The van der Waals surface area contributed by atoms with Crippen LogP contribution in [0.3, 0.4) is 0 Å². The maximum absolute atomic E-state index is 13.1. The Kier molecular flexibility index (Phi) is 6.69. The van der Waals surface area contributed by atoms with Crippen LogP contribution >= 0.6 is 0 Å². The number of carbonyl (C=O) groups is 2. The summed E-state index contributed by atoms with van der Waals surface area (Å²) in [6, 6.07) is 14.4. The van der Waals surface area contributed by atoms with Crippen molar-refractivity contribution in [2.45, 2.75) is 32.9 Å². The number of amides is 2. The minimum absolute atomic E-state index is 0.217. The van der Waals surface area contributed by atoms with Gasteiger partial charge in [0, 0.05) is 20.0 Å². The first-order valence-electron chi connectivity index (χ1n) is 8.37. The molecule has 0 heterocycles. The average molecular weight is 342 g/mol. The fourth-order valence-corrected chi connectivity index (χ4v) is 2.62. The van der Waals surface area contributed by atoms with Crippen molar-refractivity contribution in [3.63, 3.8) is 0 Å². The summed E-state index contributed by atoms with van der Waals surface area (Å²) in [7, 11) is 0. The molecule has 0 spiro atoms. The lowest BCUT2D eigenvalue weighted by molar-refractivity contribution is -0.140. The van der Waals surface area contributed by atoms with Crippen molar-refractivity contribution in [1.82, 2.24) is 10.2 Å². The van der Waals surface area contributed by atoms with Crippen LogP contribution in [-0.4, -0.2) is 23.3 Å². The minimum Gasteiger partial charge on any atom is -0.354 e. The summed E-state index contributed by atoms with van der Waals surface area (Å²) in [5, 5.41) is 2.87. The number of halogens is 1. The Labute approximate surface area is 147 Å². The molecular weight excluding hydrogens is 319 g/mol. The van der Waals surface area contributed by atoms with E-state index in [0.717, 1.165) is 17.5 Å². The fourth-order valence-electron chi connectivity index (χ4n) is 2.62. The summed E-state index contributed by atoms with van der Waals surface area (Å²) in [5.74, 6) is -0.770. The number of nitrogens with one attached hydrogen (secondary N) is 1. The molecule has 1 unspecified atom stereocenters. The molecule has 0 aliphatic rings. The molecule has 1 atom stereocenters.